The standard InChI is InChI=1S/C15H20FN3O2/c1-2-3-5-19(6-4-7-20)15(21)12-8-11(16)9-13-14(12)18-10-17-13/h8-10,20H,2-7H2,1H3,(H,17,18). The molecule has 114 valence electrons. The minimum absolute atomic E-state index is 0.0247. The lowest BCUT2D eigenvalue weighted by Gasteiger charge is -2.22. The van der Waals surface area contributed by atoms with Gasteiger partial charge in [-0.3, -0.25) is 4.79 Å². The van der Waals surface area contributed by atoms with Crippen LogP contribution in [0.4, 0.5) is 4.39 Å². The highest BCUT2D eigenvalue weighted by Crippen LogP contribution is 2.19. The van der Waals surface area contributed by atoms with Crippen molar-refractivity contribution in [1.82, 2.24) is 14.9 Å². The van der Waals surface area contributed by atoms with Crippen LogP contribution in [0, 0.1) is 5.82 Å². The van der Waals surface area contributed by atoms with E-state index in [4.69, 9.17) is 5.11 Å². The summed E-state index contributed by atoms with van der Waals surface area (Å²) in [6.45, 7) is 3.12. The topological polar surface area (TPSA) is 69.2 Å². The van der Waals surface area contributed by atoms with Gasteiger partial charge in [-0.25, -0.2) is 9.37 Å². The number of unbranched alkanes of at least 4 members (excludes halogenated alkanes) is 1. The Morgan fingerprint density at radius 3 is 2.86 bits per heavy atom. The molecule has 1 amide bonds. The fourth-order valence-electron chi connectivity index (χ4n) is 2.27. The van der Waals surface area contributed by atoms with E-state index in [1.165, 1.54) is 18.5 Å². The summed E-state index contributed by atoms with van der Waals surface area (Å²) in [6, 6.07) is 2.55. The summed E-state index contributed by atoms with van der Waals surface area (Å²) in [5.41, 5.74) is 1.25. The SMILES string of the molecule is CCCCN(CCCO)C(=O)c1cc(F)cc2[nH]cnc12. The van der Waals surface area contributed by atoms with E-state index in [0.29, 0.717) is 30.5 Å². The molecule has 1 aromatic heterocycles. The molecule has 0 fully saturated rings. The summed E-state index contributed by atoms with van der Waals surface area (Å²) in [5.74, 6) is -0.707. The molecule has 0 aliphatic rings. The third-order valence-electron chi connectivity index (χ3n) is 3.37. The predicted octanol–water partition coefficient (Wildman–Crippen LogP) is 2.33. The Bertz CT molecular complexity index is 604. The van der Waals surface area contributed by atoms with Gasteiger partial charge in [-0.2, -0.15) is 0 Å². The van der Waals surface area contributed by atoms with Crippen molar-refractivity contribution in [2.45, 2.75) is 26.2 Å². The van der Waals surface area contributed by atoms with Gasteiger partial charge in [-0.05, 0) is 25.0 Å². The molecule has 0 aliphatic heterocycles. The van der Waals surface area contributed by atoms with Crippen LogP contribution in [0.15, 0.2) is 18.5 Å². The Hall–Kier alpha value is -1.95. The molecule has 1 heterocycles. The van der Waals surface area contributed by atoms with Crippen molar-refractivity contribution in [3.8, 4) is 0 Å². The van der Waals surface area contributed by atoms with E-state index in [1.54, 1.807) is 4.90 Å². The smallest absolute Gasteiger partial charge is 0.256 e. The number of benzene rings is 1. The van der Waals surface area contributed by atoms with Crippen molar-refractivity contribution in [3.63, 3.8) is 0 Å². The molecular formula is C15H20FN3O2. The number of amides is 1. The number of aliphatic hydroxyl groups is 1. The quantitative estimate of drug-likeness (QED) is 0.823. The van der Waals surface area contributed by atoms with Crippen LogP contribution in [0.2, 0.25) is 0 Å². The van der Waals surface area contributed by atoms with Crippen molar-refractivity contribution < 1.29 is 14.3 Å². The van der Waals surface area contributed by atoms with E-state index in [2.05, 4.69) is 9.97 Å². The van der Waals surface area contributed by atoms with Gasteiger partial charge in [-0.1, -0.05) is 13.3 Å². The molecule has 0 saturated carbocycles. The Morgan fingerprint density at radius 1 is 1.38 bits per heavy atom. The van der Waals surface area contributed by atoms with Crippen LogP contribution in [0.25, 0.3) is 11.0 Å². The summed E-state index contributed by atoms with van der Waals surface area (Å²) in [4.78, 5) is 21.2. The molecule has 1 aromatic carbocycles. The molecule has 0 radical (unpaired) electrons. The van der Waals surface area contributed by atoms with Gasteiger partial charge < -0.3 is 15.0 Å². The zero-order valence-electron chi connectivity index (χ0n) is 12.1. The molecule has 0 bridgehead atoms. The number of nitrogens with zero attached hydrogens (tertiary/aromatic N) is 2. The van der Waals surface area contributed by atoms with Crippen LogP contribution in [0.3, 0.4) is 0 Å². The van der Waals surface area contributed by atoms with Gasteiger partial charge >= 0.3 is 0 Å². The third kappa shape index (κ3) is 3.58. The molecule has 0 unspecified atom stereocenters. The molecule has 2 aromatic rings. The summed E-state index contributed by atoms with van der Waals surface area (Å²) in [7, 11) is 0. The lowest BCUT2D eigenvalue weighted by Crippen LogP contribution is -2.33. The monoisotopic (exact) mass is 293 g/mol. The van der Waals surface area contributed by atoms with Crippen LogP contribution in [0.5, 0.6) is 0 Å². The van der Waals surface area contributed by atoms with Crippen molar-refractivity contribution in [2.75, 3.05) is 19.7 Å². The lowest BCUT2D eigenvalue weighted by atomic mass is 10.1. The van der Waals surface area contributed by atoms with Gasteiger partial charge in [0.25, 0.3) is 5.91 Å². The number of imidazole rings is 1. The summed E-state index contributed by atoms with van der Waals surface area (Å²) in [6.07, 6.45) is 3.79. The molecular weight excluding hydrogens is 273 g/mol. The highest BCUT2D eigenvalue weighted by atomic mass is 19.1. The maximum absolute atomic E-state index is 13.6. The summed E-state index contributed by atoms with van der Waals surface area (Å²) < 4.78 is 13.6. The number of fused-ring (bicyclic) bond motifs is 1. The van der Waals surface area contributed by atoms with Gasteiger partial charge in [0.1, 0.15) is 11.3 Å². The van der Waals surface area contributed by atoms with E-state index >= 15 is 0 Å². The van der Waals surface area contributed by atoms with Gasteiger partial charge in [0.05, 0.1) is 17.4 Å². The van der Waals surface area contributed by atoms with Crippen molar-refractivity contribution >= 4 is 16.9 Å². The second kappa shape index (κ2) is 7.17. The number of halogens is 1. The number of rotatable bonds is 7. The van der Waals surface area contributed by atoms with E-state index in [1.807, 2.05) is 6.92 Å². The fourth-order valence-corrected chi connectivity index (χ4v) is 2.27. The number of aliphatic hydroxyl groups excluding tert-OH is 1. The molecule has 5 nitrogen and oxygen atoms in total. The normalized spacial score (nSPS) is 11.0. The van der Waals surface area contributed by atoms with E-state index in [0.717, 1.165) is 12.8 Å². The number of aromatic nitrogens is 2. The zero-order chi connectivity index (χ0) is 15.2. The average Bonchev–Trinajstić information content (AvgIpc) is 2.94. The first-order valence-corrected chi connectivity index (χ1v) is 7.20. The van der Waals surface area contributed by atoms with Gasteiger partial charge in [0, 0.05) is 19.7 Å². The fraction of sp³-hybridized carbons (Fsp3) is 0.467. The van der Waals surface area contributed by atoms with Crippen LogP contribution in [-0.4, -0.2) is 45.6 Å². The molecule has 2 rings (SSSR count). The van der Waals surface area contributed by atoms with Crippen molar-refractivity contribution in [2.24, 2.45) is 0 Å². The summed E-state index contributed by atoms with van der Waals surface area (Å²) in [5, 5.41) is 8.96. The molecule has 2 N–H and O–H groups in total. The number of hydrogen-bond acceptors (Lipinski definition) is 3. The van der Waals surface area contributed by atoms with Gasteiger partial charge in [0.2, 0.25) is 0 Å². The highest BCUT2D eigenvalue weighted by Gasteiger charge is 2.19. The Morgan fingerprint density at radius 2 is 2.14 bits per heavy atom. The van der Waals surface area contributed by atoms with Crippen LogP contribution >= 0.6 is 0 Å². The Balaban J connectivity index is 2.30. The molecule has 0 atom stereocenters. The van der Waals surface area contributed by atoms with E-state index < -0.39 is 5.82 Å². The van der Waals surface area contributed by atoms with E-state index in [9.17, 15) is 9.18 Å². The molecule has 0 spiro atoms. The van der Waals surface area contributed by atoms with E-state index in [-0.39, 0.29) is 18.1 Å². The number of nitrogens with one attached hydrogen (secondary N) is 1. The predicted molar refractivity (Wildman–Crippen MR) is 78.6 cm³/mol. The third-order valence-corrected chi connectivity index (χ3v) is 3.37. The van der Waals surface area contributed by atoms with Crippen LogP contribution < -0.4 is 0 Å². The van der Waals surface area contributed by atoms with Crippen LogP contribution in [0.1, 0.15) is 36.5 Å². The van der Waals surface area contributed by atoms with Crippen molar-refractivity contribution in [1.29, 1.82) is 0 Å². The first-order valence-electron chi connectivity index (χ1n) is 7.20. The zero-order valence-corrected chi connectivity index (χ0v) is 12.1. The first kappa shape index (κ1) is 15.4. The number of aromatic amines is 1. The van der Waals surface area contributed by atoms with Crippen LogP contribution in [-0.2, 0) is 0 Å². The lowest BCUT2D eigenvalue weighted by molar-refractivity contribution is 0.0744. The number of H-pyrrole nitrogens is 1. The maximum atomic E-state index is 13.6. The highest BCUT2D eigenvalue weighted by molar-refractivity contribution is 6.04. The summed E-state index contributed by atoms with van der Waals surface area (Å²) >= 11 is 0. The first-order chi connectivity index (χ1) is 10.2. The number of carbonyl (C=O) groups is 1. The van der Waals surface area contributed by atoms with Crippen molar-refractivity contribution in [3.05, 3.63) is 29.8 Å². The number of hydrogen-bond donors (Lipinski definition) is 2. The average molecular weight is 293 g/mol. The minimum atomic E-state index is -0.465. The largest absolute Gasteiger partial charge is 0.396 e. The minimum Gasteiger partial charge on any atom is -0.396 e. The second-order valence-corrected chi connectivity index (χ2v) is 4.97. The molecule has 0 aliphatic carbocycles. The Labute approximate surface area is 122 Å². The molecule has 6 heteroatoms. The molecule has 0 saturated heterocycles. The maximum Gasteiger partial charge on any atom is 0.256 e. The Kier molecular flexibility index (Phi) is 5.27. The molecule has 21 heavy (non-hydrogen) atoms. The van der Waals surface area contributed by atoms with Gasteiger partial charge in [-0.15, -0.1) is 0 Å². The van der Waals surface area contributed by atoms with Gasteiger partial charge in [0.15, 0.2) is 0 Å². The number of carbonyl (C=O) groups excluding carboxylic acids is 1. The second-order valence-electron chi connectivity index (χ2n) is 4.97.